The molecule has 3 aromatic carbocycles. The molecule has 0 unspecified atom stereocenters. The summed E-state index contributed by atoms with van der Waals surface area (Å²) in [7, 11) is 0. The molecule has 3 aromatic rings. The molecule has 184 valence electrons. The molecule has 8 heteroatoms. The maximum Gasteiger partial charge on any atom is 0.262 e. The van der Waals surface area contributed by atoms with Gasteiger partial charge in [0.05, 0.1) is 24.3 Å². The standard InChI is InChI=1S/C28H25NO7/c30-23-22(29-25(31)19-13-7-8-14-20(19)26(29)32)28(33-15-17-9-3-1-4-10-17)35-21-16-34-27(36-24(21)23)18-11-5-2-6-12-18/h1-14,21-24,27-28,30H,15-16H2/t21-,22+,23-,24-,27+,28-/m1/s1. The van der Waals surface area contributed by atoms with Gasteiger partial charge in [-0.05, 0) is 17.7 Å². The fraction of sp³-hybridized carbons (Fsp3) is 0.286. The van der Waals surface area contributed by atoms with Gasteiger partial charge >= 0.3 is 0 Å². The molecule has 2 fully saturated rings. The van der Waals surface area contributed by atoms with E-state index in [-0.39, 0.29) is 24.3 Å². The van der Waals surface area contributed by atoms with E-state index in [1.165, 1.54) is 0 Å². The van der Waals surface area contributed by atoms with Crippen LogP contribution in [0.15, 0.2) is 84.9 Å². The number of carbonyl (C=O) groups is 2. The van der Waals surface area contributed by atoms with Crippen molar-refractivity contribution in [2.24, 2.45) is 0 Å². The molecule has 1 N–H and O–H groups in total. The van der Waals surface area contributed by atoms with Gasteiger partial charge in [0.15, 0.2) is 12.6 Å². The lowest BCUT2D eigenvalue weighted by Crippen LogP contribution is -2.67. The van der Waals surface area contributed by atoms with Crippen LogP contribution in [0.1, 0.15) is 38.1 Å². The van der Waals surface area contributed by atoms with E-state index in [1.54, 1.807) is 24.3 Å². The van der Waals surface area contributed by atoms with E-state index in [1.807, 2.05) is 60.7 Å². The molecular weight excluding hydrogens is 462 g/mol. The Morgan fingerprint density at radius 2 is 1.44 bits per heavy atom. The summed E-state index contributed by atoms with van der Waals surface area (Å²) in [5.41, 5.74) is 2.25. The van der Waals surface area contributed by atoms with Crippen molar-refractivity contribution in [3.8, 4) is 0 Å². The molecule has 6 rings (SSSR count). The predicted octanol–water partition coefficient (Wildman–Crippen LogP) is 3.07. The highest BCUT2D eigenvalue weighted by Crippen LogP contribution is 2.38. The minimum absolute atomic E-state index is 0.154. The number of hydrogen-bond acceptors (Lipinski definition) is 7. The van der Waals surface area contributed by atoms with Gasteiger partial charge in [0.25, 0.3) is 11.8 Å². The molecule has 3 aliphatic heterocycles. The van der Waals surface area contributed by atoms with Gasteiger partial charge in [-0.25, -0.2) is 0 Å². The monoisotopic (exact) mass is 487 g/mol. The Balaban J connectivity index is 1.31. The number of rotatable bonds is 5. The normalized spacial score (nSPS) is 29.6. The fourth-order valence-corrected chi connectivity index (χ4v) is 5.00. The van der Waals surface area contributed by atoms with Crippen LogP contribution in [-0.4, -0.2) is 59.1 Å². The lowest BCUT2D eigenvalue weighted by atomic mass is 9.94. The zero-order valence-corrected chi connectivity index (χ0v) is 19.3. The number of fused-ring (bicyclic) bond motifs is 2. The van der Waals surface area contributed by atoms with Gasteiger partial charge in [-0.3, -0.25) is 14.5 Å². The molecule has 8 nitrogen and oxygen atoms in total. The average Bonchev–Trinajstić information content (AvgIpc) is 3.18. The summed E-state index contributed by atoms with van der Waals surface area (Å²) < 4.78 is 24.3. The molecule has 6 atom stereocenters. The zero-order valence-electron chi connectivity index (χ0n) is 19.3. The number of amides is 2. The first kappa shape index (κ1) is 23.0. The van der Waals surface area contributed by atoms with Crippen molar-refractivity contribution in [3.63, 3.8) is 0 Å². The van der Waals surface area contributed by atoms with E-state index in [9.17, 15) is 14.7 Å². The summed E-state index contributed by atoms with van der Waals surface area (Å²) in [6.07, 6.45) is -4.54. The Labute approximate surface area is 208 Å². The van der Waals surface area contributed by atoms with E-state index in [0.717, 1.165) is 16.0 Å². The first-order chi connectivity index (χ1) is 17.6. The third-order valence-corrected chi connectivity index (χ3v) is 6.79. The first-order valence-corrected chi connectivity index (χ1v) is 11.9. The van der Waals surface area contributed by atoms with Crippen LogP contribution in [-0.2, 0) is 25.6 Å². The number of hydrogen-bond donors (Lipinski definition) is 1. The summed E-state index contributed by atoms with van der Waals surface area (Å²) >= 11 is 0. The summed E-state index contributed by atoms with van der Waals surface area (Å²) in [6.45, 7) is 0.324. The Morgan fingerprint density at radius 1 is 0.833 bits per heavy atom. The van der Waals surface area contributed by atoms with Gasteiger partial charge in [0.1, 0.15) is 24.4 Å². The Kier molecular flexibility index (Phi) is 6.12. The molecule has 0 aliphatic carbocycles. The molecule has 2 saturated heterocycles. The van der Waals surface area contributed by atoms with Crippen molar-refractivity contribution in [1.82, 2.24) is 4.90 Å². The number of nitrogens with zero attached hydrogens (tertiary/aromatic N) is 1. The molecule has 0 saturated carbocycles. The smallest absolute Gasteiger partial charge is 0.262 e. The van der Waals surface area contributed by atoms with E-state index >= 15 is 0 Å². The maximum atomic E-state index is 13.3. The van der Waals surface area contributed by atoms with E-state index in [4.69, 9.17) is 18.9 Å². The van der Waals surface area contributed by atoms with Gasteiger partial charge in [0.2, 0.25) is 0 Å². The summed E-state index contributed by atoms with van der Waals surface area (Å²) in [6, 6.07) is 24.3. The Bertz CT molecular complexity index is 1220. The maximum absolute atomic E-state index is 13.3. The largest absolute Gasteiger partial charge is 0.388 e. The molecule has 3 heterocycles. The Morgan fingerprint density at radius 3 is 2.11 bits per heavy atom. The molecular formula is C28H25NO7. The van der Waals surface area contributed by atoms with Gasteiger partial charge in [-0.1, -0.05) is 72.8 Å². The molecule has 0 radical (unpaired) electrons. The van der Waals surface area contributed by atoms with E-state index in [0.29, 0.717) is 0 Å². The van der Waals surface area contributed by atoms with Crippen LogP contribution >= 0.6 is 0 Å². The second-order valence-electron chi connectivity index (χ2n) is 9.02. The minimum atomic E-state index is -1.26. The van der Waals surface area contributed by atoms with Crippen molar-refractivity contribution in [2.75, 3.05) is 6.61 Å². The minimum Gasteiger partial charge on any atom is -0.388 e. The lowest BCUT2D eigenvalue weighted by Gasteiger charge is -2.49. The predicted molar refractivity (Wildman–Crippen MR) is 127 cm³/mol. The van der Waals surface area contributed by atoms with Crippen LogP contribution in [0, 0.1) is 0 Å². The molecule has 36 heavy (non-hydrogen) atoms. The van der Waals surface area contributed by atoms with Gasteiger partial charge < -0.3 is 24.1 Å². The fourth-order valence-electron chi connectivity index (χ4n) is 5.00. The van der Waals surface area contributed by atoms with Crippen molar-refractivity contribution < 1.29 is 33.6 Å². The van der Waals surface area contributed by atoms with E-state index < -0.39 is 48.7 Å². The number of aliphatic hydroxyl groups excluding tert-OH is 1. The highest BCUT2D eigenvalue weighted by atomic mass is 16.7. The third kappa shape index (κ3) is 4.03. The van der Waals surface area contributed by atoms with Gasteiger partial charge in [-0.15, -0.1) is 0 Å². The number of aliphatic hydroxyl groups is 1. The highest BCUT2D eigenvalue weighted by molar-refractivity contribution is 6.21. The molecule has 3 aliphatic rings. The van der Waals surface area contributed by atoms with Crippen LogP contribution in [0.5, 0.6) is 0 Å². The SMILES string of the molecule is O=C1c2ccccc2C(=O)N1[C@@H]1[C@H](OCc2ccccc2)O[C@@H]2CO[C@H](c3ccccc3)O[C@H]2[C@@H]1O. The van der Waals surface area contributed by atoms with Crippen molar-refractivity contribution >= 4 is 11.8 Å². The van der Waals surface area contributed by atoms with Crippen LogP contribution in [0.25, 0.3) is 0 Å². The zero-order chi connectivity index (χ0) is 24.6. The third-order valence-electron chi connectivity index (χ3n) is 6.79. The second-order valence-corrected chi connectivity index (χ2v) is 9.02. The topological polar surface area (TPSA) is 94.5 Å². The van der Waals surface area contributed by atoms with Crippen molar-refractivity contribution in [1.29, 1.82) is 0 Å². The van der Waals surface area contributed by atoms with Crippen molar-refractivity contribution in [3.05, 3.63) is 107 Å². The summed E-state index contributed by atoms with van der Waals surface area (Å²) in [5, 5.41) is 11.6. The summed E-state index contributed by atoms with van der Waals surface area (Å²) in [4.78, 5) is 27.7. The molecule has 0 spiro atoms. The molecule has 0 aromatic heterocycles. The van der Waals surface area contributed by atoms with Crippen LogP contribution < -0.4 is 0 Å². The summed E-state index contributed by atoms with van der Waals surface area (Å²) in [5.74, 6) is -0.997. The van der Waals surface area contributed by atoms with Crippen LogP contribution in [0.4, 0.5) is 0 Å². The van der Waals surface area contributed by atoms with E-state index in [2.05, 4.69) is 0 Å². The van der Waals surface area contributed by atoms with Gasteiger partial charge in [-0.2, -0.15) is 0 Å². The lowest BCUT2D eigenvalue weighted by molar-refractivity contribution is -0.350. The highest BCUT2D eigenvalue weighted by Gasteiger charge is 2.55. The van der Waals surface area contributed by atoms with Crippen LogP contribution in [0.3, 0.4) is 0 Å². The number of imide groups is 1. The van der Waals surface area contributed by atoms with Gasteiger partial charge in [0, 0.05) is 5.56 Å². The number of carbonyl (C=O) groups excluding carboxylic acids is 2. The average molecular weight is 488 g/mol. The number of benzene rings is 3. The first-order valence-electron chi connectivity index (χ1n) is 11.9. The molecule has 2 amide bonds. The number of ether oxygens (including phenoxy) is 4. The quantitative estimate of drug-likeness (QED) is 0.553. The second kappa shape index (κ2) is 9.57. The Hall–Kier alpha value is -3.40. The molecule has 0 bridgehead atoms. The van der Waals surface area contributed by atoms with Crippen LogP contribution in [0.2, 0.25) is 0 Å². The van der Waals surface area contributed by atoms with Crippen molar-refractivity contribution in [2.45, 2.75) is 43.5 Å².